The number of aromatic nitrogens is 1. The summed E-state index contributed by atoms with van der Waals surface area (Å²) in [5.74, 6) is 0. The molecular formula is C15H26N2OS. The highest BCUT2D eigenvalue weighted by Gasteiger charge is 2.18. The van der Waals surface area contributed by atoms with E-state index >= 15 is 0 Å². The minimum Gasteiger partial charge on any atom is -0.378 e. The van der Waals surface area contributed by atoms with Crippen LogP contribution in [0.25, 0.3) is 0 Å². The van der Waals surface area contributed by atoms with Gasteiger partial charge in [0, 0.05) is 17.5 Å². The van der Waals surface area contributed by atoms with Gasteiger partial charge in [0.05, 0.1) is 17.3 Å². The van der Waals surface area contributed by atoms with Gasteiger partial charge in [-0.25, -0.2) is 4.98 Å². The van der Waals surface area contributed by atoms with Crippen LogP contribution in [0.1, 0.15) is 62.1 Å². The Morgan fingerprint density at radius 1 is 1.58 bits per heavy atom. The summed E-state index contributed by atoms with van der Waals surface area (Å²) in [6, 6.07) is 0.480. The molecule has 2 heterocycles. The minimum absolute atomic E-state index is 0.480. The Balaban J connectivity index is 1.81. The summed E-state index contributed by atoms with van der Waals surface area (Å²) in [5.41, 5.74) is 3.15. The highest BCUT2D eigenvalue weighted by Crippen LogP contribution is 2.27. The van der Waals surface area contributed by atoms with E-state index in [1.54, 1.807) is 11.3 Å². The topological polar surface area (TPSA) is 34.1 Å². The van der Waals surface area contributed by atoms with E-state index < -0.39 is 0 Å². The molecule has 1 aliphatic heterocycles. The zero-order valence-corrected chi connectivity index (χ0v) is 13.0. The van der Waals surface area contributed by atoms with Crippen LogP contribution in [-0.4, -0.2) is 24.2 Å². The first-order valence-electron chi connectivity index (χ1n) is 7.56. The molecular weight excluding hydrogens is 256 g/mol. The lowest BCUT2D eigenvalue weighted by Gasteiger charge is -2.18. The number of hydrogen-bond donors (Lipinski definition) is 1. The first-order valence-corrected chi connectivity index (χ1v) is 8.44. The van der Waals surface area contributed by atoms with Gasteiger partial charge >= 0.3 is 0 Å². The van der Waals surface area contributed by atoms with Crippen LogP contribution >= 0.6 is 11.3 Å². The van der Waals surface area contributed by atoms with Gasteiger partial charge in [-0.1, -0.05) is 6.92 Å². The van der Waals surface area contributed by atoms with Crippen LogP contribution in [0.15, 0.2) is 5.51 Å². The normalized spacial score (nSPS) is 20.8. The predicted molar refractivity (Wildman–Crippen MR) is 80.7 cm³/mol. The molecule has 1 aliphatic rings. The van der Waals surface area contributed by atoms with Crippen molar-refractivity contribution in [3.63, 3.8) is 0 Å². The molecule has 2 rings (SSSR count). The molecule has 2 unspecified atom stereocenters. The number of nitrogens with zero attached hydrogens (tertiary/aromatic N) is 1. The average Bonchev–Trinajstić information content (AvgIpc) is 3.05. The van der Waals surface area contributed by atoms with Crippen molar-refractivity contribution in [1.82, 2.24) is 10.3 Å². The Labute approximate surface area is 120 Å². The number of hydrogen-bond acceptors (Lipinski definition) is 4. The lowest BCUT2D eigenvalue weighted by Crippen LogP contribution is -2.22. The van der Waals surface area contributed by atoms with Crippen molar-refractivity contribution < 1.29 is 4.74 Å². The molecule has 1 aromatic rings. The summed E-state index contributed by atoms with van der Waals surface area (Å²) in [6.07, 6.45) is 7.85. The molecule has 108 valence electrons. The molecule has 1 aromatic heterocycles. The number of aryl methyl sites for hydroxylation is 1. The van der Waals surface area contributed by atoms with Crippen molar-refractivity contribution in [1.29, 1.82) is 0 Å². The maximum absolute atomic E-state index is 5.70. The van der Waals surface area contributed by atoms with Crippen LogP contribution in [0.3, 0.4) is 0 Å². The minimum atomic E-state index is 0.480. The molecule has 0 saturated carbocycles. The van der Waals surface area contributed by atoms with Crippen LogP contribution in [0.2, 0.25) is 0 Å². The van der Waals surface area contributed by atoms with E-state index in [2.05, 4.69) is 24.1 Å². The largest absolute Gasteiger partial charge is 0.378 e. The van der Waals surface area contributed by atoms with Gasteiger partial charge in [-0.15, -0.1) is 11.3 Å². The first-order chi connectivity index (χ1) is 9.31. The monoisotopic (exact) mass is 282 g/mol. The smallest absolute Gasteiger partial charge is 0.0798 e. The molecule has 0 amide bonds. The molecule has 0 radical (unpaired) electrons. The van der Waals surface area contributed by atoms with Gasteiger partial charge in [-0.05, 0) is 52.0 Å². The molecule has 1 saturated heterocycles. The van der Waals surface area contributed by atoms with Gasteiger partial charge in [0.25, 0.3) is 0 Å². The molecule has 0 aromatic carbocycles. The number of ether oxygens (including phenoxy) is 1. The van der Waals surface area contributed by atoms with E-state index in [1.165, 1.54) is 49.1 Å². The quantitative estimate of drug-likeness (QED) is 0.786. The first kappa shape index (κ1) is 14.9. The fourth-order valence-electron chi connectivity index (χ4n) is 2.71. The second kappa shape index (κ2) is 7.98. The van der Waals surface area contributed by atoms with Crippen molar-refractivity contribution in [3.8, 4) is 0 Å². The summed E-state index contributed by atoms with van der Waals surface area (Å²) in [6.45, 7) is 6.39. The Hall–Kier alpha value is -0.450. The molecule has 1 N–H and O–H groups in total. The van der Waals surface area contributed by atoms with Crippen LogP contribution in [-0.2, 0) is 4.74 Å². The van der Waals surface area contributed by atoms with Crippen LogP contribution in [0.5, 0.6) is 0 Å². The highest BCUT2D eigenvalue weighted by molar-refractivity contribution is 7.09. The third-order valence-electron chi connectivity index (χ3n) is 3.78. The molecule has 2 atom stereocenters. The standard InChI is InChI=1S/C15H26N2OS/c1-3-9-16-14(15-12(2)17-11-19-15)8-4-6-13-7-5-10-18-13/h11,13-14,16H,3-10H2,1-2H3. The van der Waals surface area contributed by atoms with E-state index in [0.29, 0.717) is 12.1 Å². The highest BCUT2D eigenvalue weighted by atomic mass is 32.1. The van der Waals surface area contributed by atoms with Crippen LogP contribution in [0.4, 0.5) is 0 Å². The Bertz CT molecular complexity index is 361. The second-order valence-corrected chi connectivity index (χ2v) is 6.26. The van der Waals surface area contributed by atoms with Gasteiger partial charge in [-0.2, -0.15) is 0 Å². The van der Waals surface area contributed by atoms with Gasteiger partial charge in [0.15, 0.2) is 0 Å². The van der Waals surface area contributed by atoms with Gasteiger partial charge in [0.2, 0.25) is 0 Å². The van der Waals surface area contributed by atoms with E-state index in [1.807, 2.05) is 5.51 Å². The van der Waals surface area contributed by atoms with Gasteiger partial charge in [-0.3, -0.25) is 0 Å². The van der Waals surface area contributed by atoms with Gasteiger partial charge < -0.3 is 10.1 Å². The Morgan fingerprint density at radius 2 is 2.47 bits per heavy atom. The fourth-order valence-corrected chi connectivity index (χ4v) is 3.62. The number of nitrogens with one attached hydrogen (secondary N) is 1. The maximum atomic E-state index is 5.70. The summed E-state index contributed by atoms with van der Waals surface area (Å²) in [4.78, 5) is 5.80. The van der Waals surface area contributed by atoms with E-state index in [4.69, 9.17) is 4.74 Å². The molecule has 0 spiro atoms. The third kappa shape index (κ3) is 4.55. The van der Waals surface area contributed by atoms with E-state index in [9.17, 15) is 0 Å². The lowest BCUT2D eigenvalue weighted by atomic mass is 10.0. The fraction of sp³-hybridized carbons (Fsp3) is 0.800. The van der Waals surface area contributed by atoms with Crippen LogP contribution in [0, 0.1) is 6.92 Å². The molecule has 0 aliphatic carbocycles. The van der Waals surface area contributed by atoms with Crippen molar-refractivity contribution >= 4 is 11.3 Å². The molecule has 3 nitrogen and oxygen atoms in total. The van der Waals surface area contributed by atoms with Crippen molar-refractivity contribution in [2.75, 3.05) is 13.2 Å². The summed E-state index contributed by atoms with van der Waals surface area (Å²) >= 11 is 1.79. The summed E-state index contributed by atoms with van der Waals surface area (Å²) in [5, 5.41) is 3.67. The molecule has 1 fully saturated rings. The van der Waals surface area contributed by atoms with E-state index in [-0.39, 0.29) is 0 Å². The molecule has 19 heavy (non-hydrogen) atoms. The third-order valence-corrected chi connectivity index (χ3v) is 4.83. The molecule has 4 heteroatoms. The Morgan fingerprint density at radius 3 is 3.11 bits per heavy atom. The van der Waals surface area contributed by atoms with E-state index in [0.717, 1.165) is 13.2 Å². The average molecular weight is 282 g/mol. The number of rotatable bonds is 8. The predicted octanol–water partition coefficient (Wildman–Crippen LogP) is 3.84. The Kier molecular flexibility index (Phi) is 6.28. The van der Waals surface area contributed by atoms with Crippen molar-refractivity contribution in [3.05, 3.63) is 16.1 Å². The maximum Gasteiger partial charge on any atom is 0.0798 e. The lowest BCUT2D eigenvalue weighted by molar-refractivity contribution is 0.101. The molecule has 0 bridgehead atoms. The van der Waals surface area contributed by atoms with Crippen molar-refractivity contribution in [2.45, 2.75) is 64.5 Å². The summed E-state index contributed by atoms with van der Waals surface area (Å²) in [7, 11) is 0. The van der Waals surface area contributed by atoms with Gasteiger partial charge in [0.1, 0.15) is 0 Å². The second-order valence-electron chi connectivity index (χ2n) is 5.37. The summed E-state index contributed by atoms with van der Waals surface area (Å²) < 4.78 is 5.70. The zero-order valence-electron chi connectivity index (χ0n) is 12.2. The SMILES string of the molecule is CCCNC(CCCC1CCCO1)c1scnc1C. The van der Waals surface area contributed by atoms with Crippen LogP contribution < -0.4 is 5.32 Å². The zero-order chi connectivity index (χ0) is 13.5. The number of thiazole rings is 1. The van der Waals surface area contributed by atoms with Crippen molar-refractivity contribution in [2.24, 2.45) is 0 Å².